The normalized spacial score (nSPS) is 30.1. The molecule has 4 N–H and O–H groups in total. The van der Waals surface area contributed by atoms with E-state index in [0.717, 1.165) is 18.4 Å². The summed E-state index contributed by atoms with van der Waals surface area (Å²) >= 11 is 0. The molecular formula is C12H23N3O2S. The predicted octanol–water partition coefficient (Wildman–Crippen LogP) is 0.116. The quantitative estimate of drug-likeness (QED) is 0.621. The van der Waals surface area contributed by atoms with Gasteiger partial charge in [-0.1, -0.05) is 30.7 Å². The van der Waals surface area contributed by atoms with Crippen molar-refractivity contribution in [2.45, 2.75) is 38.4 Å². The van der Waals surface area contributed by atoms with Crippen molar-refractivity contribution in [3.05, 3.63) is 23.8 Å². The van der Waals surface area contributed by atoms with E-state index in [0.29, 0.717) is 0 Å². The van der Waals surface area contributed by atoms with Gasteiger partial charge in [0.05, 0.1) is 11.8 Å². The van der Waals surface area contributed by atoms with Crippen LogP contribution >= 0.6 is 0 Å². The molecule has 6 heteroatoms. The van der Waals surface area contributed by atoms with Crippen LogP contribution in [-0.2, 0) is 10.0 Å². The second-order valence-corrected chi connectivity index (χ2v) is 6.62. The Morgan fingerprint density at radius 1 is 1.56 bits per heavy atom. The van der Waals surface area contributed by atoms with E-state index in [4.69, 9.17) is 5.73 Å². The molecule has 0 radical (unpaired) electrons. The van der Waals surface area contributed by atoms with Crippen LogP contribution in [-0.4, -0.2) is 38.8 Å². The number of nitrogens with one attached hydrogen (secondary N) is 2. The number of likely N-dealkylation sites (N-methyl/N-ethyl adjacent to an activating group) is 1. The van der Waals surface area contributed by atoms with Crippen LogP contribution < -0.4 is 15.8 Å². The summed E-state index contributed by atoms with van der Waals surface area (Å²) in [6.07, 6.45) is 7.01. The fourth-order valence-electron chi connectivity index (χ4n) is 2.13. The van der Waals surface area contributed by atoms with Crippen LogP contribution in [0.3, 0.4) is 0 Å². The van der Waals surface area contributed by atoms with Crippen molar-refractivity contribution in [2.75, 3.05) is 12.8 Å². The Kier molecular flexibility index (Phi) is 4.72. The maximum Gasteiger partial charge on any atom is 0.209 e. The minimum atomic E-state index is -3.26. The van der Waals surface area contributed by atoms with Crippen LogP contribution in [0.25, 0.3) is 0 Å². The fraction of sp³-hybridized carbons (Fsp3) is 0.667. The van der Waals surface area contributed by atoms with Crippen molar-refractivity contribution < 1.29 is 8.42 Å². The second kappa shape index (κ2) is 5.52. The first-order chi connectivity index (χ1) is 8.19. The minimum Gasteiger partial charge on any atom is -0.317 e. The predicted molar refractivity (Wildman–Crippen MR) is 74.7 cm³/mol. The lowest BCUT2D eigenvalue weighted by atomic mass is 9.80. The van der Waals surface area contributed by atoms with E-state index >= 15 is 0 Å². The highest BCUT2D eigenvalue weighted by Gasteiger charge is 2.35. The van der Waals surface area contributed by atoms with E-state index in [2.05, 4.69) is 10.0 Å². The molecule has 0 aromatic heterocycles. The van der Waals surface area contributed by atoms with Crippen LogP contribution in [0.15, 0.2) is 23.8 Å². The van der Waals surface area contributed by atoms with Gasteiger partial charge in [0.2, 0.25) is 10.0 Å². The molecule has 0 amide bonds. The molecule has 0 aliphatic heterocycles. The third kappa shape index (κ3) is 3.65. The standard InChI is InChI=1S/C12H23N3O2S/c1-5-14-11-6-7-12(13,9(2)8-11)10(3)15-18(4,16)17/h6-8,10-11,14-15H,5,13H2,1-4H3. The minimum absolute atomic E-state index is 0.164. The molecule has 0 aromatic carbocycles. The Morgan fingerprint density at radius 3 is 2.61 bits per heavy atom. The van der Waals surface area contributed by atoms with E-state index in [1.54, 1.807) is 6.92 Å². The lowest BCUT2D eigenvalue weighted by molar-refractivity contribution is 0.455. The zero-order valence-corrected chi connectivity index (χ0v) is 12.2. The molecule has 1 aliphatic carbocycles. The topological polar surface area (TPSA) is 84.2 Å². The molecule has 0 fully saturated rings. The van der Waals surface area contributed by atoms with Crippen LogP contribution in [0, 0.1) is 0 Å². The summed E-state index contributed by atoms with van der Waals surface area (Å²) in [4.78, 5) is 0. The molecule has 3 unspecified atom stereocenters. The summed E-state index contributed by atoms with van der Waals surface area (Å²) in [5, 5.41) is 3.28. The van der Waals surface area contributed by atoms with Gasteiger partial charge in [-0.2, -0.15) is 0 Å². The lowest BCUT2D eigenvalue weighted by Gasteiger charge is -2.37. The second-order valence-electron chi connectivity index (χ2n) is 4.84. The SMILES string of the molecule is CCNC1C=CC(N)(C(C)NS(C)(=O)=O)C(C)=C1. The van der Waals surface area contributed by atoms with Crippen LogP contribution in [0.2, 0.25) is 0 Å². The van der Waals surface area contributed by atoms with Crippen molar-refractivity contribution in [3.63, 3.8) is 0 Å². The number of nitrogens with two attached hydrogens (primary N) is 1. The lowest BCUT2D eigenvalue weighted by Crippen LogP contribution is -2.57. The summed E-state index contributed by atoms with van der Waals surface area (Å²) < 4.78 is 25.1. The molecule has 1 rings (SSSR count). The van der Waals surface area contributed by atoms with Crippen molar-refractivity contribution in [2.24, 2.45) is 5.73 Å². The van der Waals surface area contributed by atoms with E-state index in [9.17, 15) is 8.42 Å². The molecule has 0 spiro atoms. The zero-order valence-electron chi connectivity index (χ0n) is 11.4. The van der Waals surface area contributed by atoms with E-state index in [1.165, 1.54) is 0 Å². The van der Waals surface area contributed by atoms with E-state index in [1.807, 2.05) is 32.1 Å². The molecule has 0 heterocycles. The fourth-order valence-corrected chi connectivity index (χ4v) is 2.97. The summed E-state index contributed by atoms with van der Waals surface area (Å²) in [5.74, 6) is 0. The Balaban J connectivity index is 2.89. The first-order valence-corrected chi connectivity index (χ1v) is 7.96. The highest BCUT2D eigenvalue weighted by molar-refractivity contribution is 7.88. The van der Waals surface area contributed by atoms with Gasteiger partial charge in [-0.05, 0) is 20.4 Å². The van der Waals surface area contributed by atoms with Gasteiger partial charge in [0.25, 0.3) is 0 Å². The van der Waals surface area contributed by atoms with Crippen molar-refractivity contribution in [1.82, 2.24) is 10.0 Å². The Morgan fingerprint density at radius 2 is 2.17 bits per heavy atom. The zero-order chi connectivity index (χ0) is 14.0. The van der Waals surface area contributed by atoms with E-state index in [-0.39, 0.29) is 12.1 Å². The van der Waals surface area contributed by atoms with Gasteiger partial charge in [0, 0.05) is 12.1 Å². The molecule has 3 atom stereocenters. The molecule has 0 aromatic rings. The molecule has 0 saturated heterocycles. The Labute approximate surface area is 110 Å². The van der Waals surface area contributed by atoms with Gasteiger partial charge in [-0.25, -0.2) is 13.1 Å². The maximum atomic E-state index is 11.3. The third-order valence-corrected chi connectivity index (χ3v) is 4.02. The molecule has 0 saturated carbocycles. The molecular weight excluding hydrogens is 250 g/mol. The number of hydrogen-bond donors (Lipinski definition) is 3. The van der Waals surface area contributed by atoms with Crippen molar-refractivity contribution in [3.8, 4) is 0 Å². The first-order valence-electron chi connectivity index (χ1n) is 6.07. The van der Waals surface area contributed by atoms with Gasteiger partial charge in [0.1, 0.15) is 0 Å². The molecule has 18 heavy (non-hydrogen) atoms. The highest BCUT2D eigenvalue weighted by Crippen LogP contribution is 2.25. The van der Waals surface area contributed by atoms with Gasteiger partial charge in [-0.3, -0.25) is 0 Å². The monoisotopic (exact) mass is 273 g/mol. The summed E-state index contributed by atoms with van der Waals surface area (Å²) in [6, 6.07) is -0.223. The van der Waals surface area contributed by atoms with Crippen LogP contribution in [0.4, 0.5) is 0 Å². The van der Waals surface area contributed by atoms with Gasteiger partial charge in [-0.15, -0.1) is 0 Å². The number of sulfonamides is 1. The van der Waals surface area contributed by atoms with Crippen LogP contribution in [0.5, 0.6) is 0 Å². The molecule has 104 valence electrons. The number of rotatable bonds is 5. The number of hydrogen-bond acceptors (Lipinski definition) is 4. The molecule has 5 nitrogen and oxygen atoms in total. The van der Waals surface area contributed by atoms with Gasteiger partial charge in [0.15, 0.2) is 0 Å². The van der Waals surface area contributed by atoms with Gasteiger partial charge >= 0.3 is 0 Å². The highest BCUT2D eigenvalue weighted by atomic mass is 32.2. The first kappa shape index (κ1) is 15.4. The van der Waals surface area contributed by atoms with Crippen molar-refractivity contribution in [1.29, 1.82) is 0 Å². The van der Waals surface area contributed by atoms with Crippen LogP contribution in [0.1, 0.15) is 20.8 Å². The Hall–Kier alpha value is -0.690. The molecule has 0 bridgehead atoms. The van der Waals surface area contributed by atoms with Gasteiger partial charge < -0.3 is 11.1 Å². The Bertz CT molecular complexity index is 456. The maximum absolute atomic E-state index is 11.3. The average Bonchev–Trinajstić information content (AvgIpc) is 2.21. The third-order valence-electron chi connectivity index (χ3n) is 3.24. The largest absolute Gasteiger partial charge is 0.317 e. The summed E-state index contributed by atoms with van der Waals surface area (Å²) in [6.45, 7) is 6.60. The average molecular weight is 273 g/mol. The molecule has 1 aliphatic rings. The van der Waals surface area contributed by atoms with Crippen molar-refractivity contribution >= 4 is 10.0 Å². The summed E-state index contributed by atoms with van der Waals surface area (Å²) in [7, 11) is -3.26. The van der Waals surface area contributed by atoms with E-state index < -0.39 is 15.6 Å². The smallest absolute Gasteiger partial charge is 0.209 e. The summed E-state index contributed by atoms with van der Waals surface area (Å²) in [5.41, 5.74) is 6.49.